The van der Waals surface area contributed by atoms with E-state index >= 15 is 0 Å². The number of carbonyl (C=O) groups is 2. The van der Waals surface area contributed by atoms with Crippen LogP contribution in [0.25, 0.3) is 0 Å². The van der Waals surface area contributed by atoms with Crippen LogP contribution in [0.1, 0.15) is 36.2 Å². The topological polar surface area (TPSA) is 97.1 Å². The highest BCUT2D eigenvalue weighted by atomic mass is 16.4. The molecule has 128 valence electrons. The second-order valence-corrected chi connectivity index (χ2v) is 6.12. The monoisotopic (exact) mass is 330 g/mol. The lowest BCUT2D eigenvalue weighted by atomic mass is 9.97. The van der Waals surface area contributed by atoms with Gasteiger partial charge in [0.2, 0.25) is 0 Å². The average molecular weight is 330 g/mol. The van der Waals surface area contributed by atoms with Crippen molar-refractivity contribution in [3.05, 3.63) is 48.0 Å². The summed E-state index contributed by atoms with van der Waals surface area (Å²) in [5.74, 6) is -1.50. The molecule has 1 atom stereocenters. The smallest absolute Gasteiger partial charge is 0.308 e. The Hall–Kier alpha value is -2.70. The Bertz CT molecular complexity index is 683. The predicted octanol–water partition coefficient (Wildman–Crippen LogP) is 1.80. The summed E-state index contributed by atoms with van der Waals surface area (Å²) in [5.41, 5.74) is 1.32. The standard InChI is InChI=1S/C17H22N4O3/c1-12(2)7-14(17(23)24)8-19-16(22)15-6-4-3-5-13(15)9-21-11-18-10-20-21/h3-6,10-12,14H,7-9H2,1-2H3,(H,19,22)(H,23,24). The Morgan fingerprint density at radius 2 is 2.04 bits per heavy atom. The number of carboxylic acids is 1. The summed E-state index contributed by atoms with van der Waals surface area (Å²) < 4.78 is 1.63. The minimum absolute atomic E-state index is 0.115. The predicted molar refractivity (Wildman–Crippen MR) is 88.5 cm³/mol. The van der Waals surface area contributed by atoms with Crippen molar-refractivity contribution in [3.8, 4) is 0 Å². The van der Waals surface area contributed by atoms with Gasteiger partial charge in [0.05, 0.1) is 12.5 Å². The van der Waals surface area contributed by atoms with Crippen molar-refractivity contribution in [2.24, 2.45) is 11.8 Å². The second kappa shape index (κ2) is 8.24. The van der Waals surface area contributed by atoms with Crippen LogP contribution in [0.5, 0.6) is 0 Å². The number of hydrogen-bond donors (Lipinski definition) is 2. The van der Waals surface area contributed by atoms with Crippen LogP contribution in [0, 0.1) is 11.8 Å². The summed E-state index contributed by atoms with van der Waals surface area (Å²) in [6.07, 6.45) is 3.54. The Balaban J connectivity index is 2.05. The minimum atomic E-state index is -0.889. The maximum Gasteiger partial charge on any atom is 0.308 e. The van der Waals surface area contributed by atoms with E-state index in [2.05, 4.69) is 15.4 Å². The van der Waals surface area contributed by atoms with E-state index in [1.165, 1.54) is 6.33 Å². The second-order valence-electron chi connectivity index (χ2n) is 6.12. The zero-order valence-electron chi connectivity index (χ0n) is 13.8. The molecule has 1 aromatic carbocycles. The first-order valence-corrected chi connectivity index (χ1v) is 7.88. The molecule has 0 spiro atoms. The fourth-order valence-electron chi connectivity index (χ4n) is 2.52. The molecule has 0 aliphatic rings. The molecule has 2 aromatic rings. The van der Waals surface area contributed by atoms with Crippen LogP contribution in [0.2, 0.25) is 0 Å². The lowest BCUT2D eigenvalue weighted by Gasteiger charge is -2.16. The maximum atomic E-state index is 12.5. The van der Waals surface area contributed by atoms with Crippen LogP contribution in [-0.4, -0.2) is 38.3 Å². The van der Waals surface area contributed by atoms with Crippen molar-refractivity contribution < 1.29 is 14.7 Å². The minimum Gasteiger partial charge on any atom is -0.481 e. The number of carboxylic acid groups (broad SMARTS) is 1. The fourth-order valence-corrected chi connectivity index (χ4v) is 2.52. The van der Waals surface area contributed by atoms with E-state index in [1.807, 2.05) is 26.0 Å². The van der Waals surface area contributed by atoms with Crippen molar-refractivity contribution >= 4 is 11.9 Å². The maximum absolute atomic E-state index is 12.5. The Labute approximate surface area is 140 Å². The van der Waals surface area contributed by atoms with Gasteiger partial charge in [0.15, 0.2) is 0 Å². The normalized spacial score (nSPS) is 12.1. The van der Waals surface area contributed by atoms with Crippen LogP contribution in [-0.2, 0) is 11.3 Å². The summed E-state index contributed by atoms with van der Waals surface area (Å²) >= 11 is 0. The number of rotatable bonds is 8. The molecule has 0 bridgehead atoms. The molecule has 1 unspecified atom stereocenters. The SMILES string of the molecule is CC(C)CC(CNC(=O)c1ccccc1Cn1cncn1)C(=O)O. The van der Waals surface area contributed by atoms with E-state index in [-0.39, 0.29) is 18.4 Å². The lowest BCUT2D eigenvalue weighted by Crippen LogP contribution is -2.34. The van der Waals surface area contributed by atoms with Gasteiger partial charge in [0.1, 0.15) is 12.7 Å². The Kier molecular flexibility index (Phi) is 6.06. The van der Waals surface area contributed by atoms with Gasteiger partial charge in [-0.05, 0) is 24.0 Å². The quantitative estimate of drug-likeness (QED) is 0.769. The molecular weight excluding hydrogens is 308 g/mol. The molecule has 7 nitrogen and oxygen atoms in total. The van der Waals surface area contributed by atoms with Gasteiger partial charge in [-0.15, -0.1) is 0 Å². The van der Waals surface area contributed by atoms with Gasteiger partial charge in [-0.1, -0.05) is 32.0 Å². The molecule has 0 aliphatic carbocycles. The highest BCUT2D eigenvalue weighted by Gasteiger charge is 2.20. The molecular formula is C17H22N4O3. The Morgan fingerprint density at radius 3 is 2.67 bits per heavy atom. The highest BCUT2D eigenvalue weighted by Crippen LogP contribution is 2.13. The third-order valence-corrected chi connectivity index (χ3v) is 3.68. The molecule has 0 fully saturated rings. The van der Waals surface area contributed by atoms with E-state index in [9.17, 15) is 14.7 Å². The molecule has 1 aromatic heterocycles. The van der Waals surface area contributed by atoms with Crippen molar-refractivity contribution in [2.45, 2.75) is 26.8 Å². The van der Waals surface area contributed by atoms with Crippen LogP contribution >= 0.6 is 0 Å². The van der Waals surface area contributed by atoms with Gasteiger partial charge in [0, 0.05) is 12.1 Å². The van der Waals surface area contributed by atoms with E-state index in [0.717, 1.165) is 5.56 Å². The molecule has 0 radical (unpaired) electrons. The number of nitrogens with zero attached hydrogens (tertiary/aromatic N) is 3. The summed E-state index contributed by atoms with van der Waals surface area (Å²) in [6, 6.07) is 7.20. The number of aliphatic carboxylic acids is 1. The van der Waals surface area contributed by atoms with Crippen LogP contribution < -0.4 is 5.32 Å². The summed E-state index contributed by atoms with van der Waals surface area (Å²) in [5, 5.41) is 16.0. The summed E-state index contributed by atoms with van der Waals surface area (Å²) in [4.78, 5) is 27.6. The first kappa shape index (κ1) is 17.7. The van der Waals surface area contributed by atoms with E-state index in [0.29, 0.717) is 18.5 Å². The summed E-state index contributed by atoms with van der Waals surface area (Å²) in [6.45, 7) is 4.47. The molecule has 0 saturated heterocycles. The van der Waals surface area contributed by atoms with Gasteiger partial charge in [-0.3, -0.25) is 9.59 Å². The number of amides is 1. The number of carbonyl (C=O) groups excluding carboxylic acids is 1. The fraction of sp³-hybridized carbons (Fsp3) is 0.412. The third kappa shape index (κ3) is 4.91. The zero-order valence-corrected chi connectivity index (χ0v) is 13.8. The molecule has 24 heavy (non-hydrogen) atoms. The number of benzene rings is 1. The largest absolute Gasteiger partial charge is 0.481 e. The Morgan fingerprint density at radius 1 is 1.29 bits per heavy atom. The van der Waals surface area contributed by atoms with Crippen LogP contribution in [0.4, 0.5) is 0 Å². The first-order chi connectivity index (χ1) is 11.5. The van der Waals surface area contributed by atoms with Crippen molar-refractivity contribution in [3.63, 3.8) is 0 Å². The number of nitrogens with one attached hydrogen (secondary N) is 1. The van der Waals surface area contributed by atoms with Gasteiger partial charge in [0.25, 0.3) is 5.91 Å². The lowest BCUT2D eigenvalue weighted by molar-refractivity contribution is -0.142. The van der Waals surface area contributed by atoms with Gasteiger partial charge >= 0.3 is 5.97 Å². The van der Waals surface area contributed by atoms with Gasteiger partial charge in [-0.25, -0.2) is 9.67 Å². The molecule has 1 heterocycles. The van der Waals surface area contributed by atoms with Crippen LogP contribution in [0.15, 0.2) is 36.9 Å². The number of hydrogen-bond acceptors (Lipinski definition) is 4. The zero-order chi connectivity index (χ0) is 17.5. The number of aromatic nitrogens is 3. The molecule has 1 amide bonds. The van der Waals surface area contributed by atoms with E-state index < -0.39 is 11.9 Å². The third-order valence-electron chi connectivity index (χ3n) is 3.68. The molecule has 7 heteroatoms. The molecule has 0 aliphatic heterocycles. The van der Waals surface area contributed by atoms with Crippen molar-refractivity contribution in [1.29, 1.82) is 0 Å². The van der Waals surface area contributed by atoms with Gasteiger partial charge in [-0.2, -0.15) is 5.10 Å². The van der Waals surface area contributed by atoms with E-state index in [1.54, 1.807) is 23.1 Å². The molecule has 2 rings (SSSR count). The average Bonchev–Trinajstić information content (AvgIpc) is 3.04. The first-order valence-electron chi connectivity index (χ1n) is 7.88. The molecule has 2 N–H and O–H groups in total. The highest BCUT2D eigenvalue weighted by molar-refractivity contribution is 5.95. The van der Waals surface area contributed by atoms with Crippen LogP contribution in [0.3, 0.4) is 0 Å². The van der Waals surface area contributed by atoms with Crippen molar-refractivity contribution in [2.75, 3.05) is 6.54 Å². The van der Waals surface area contributed by atoms with Gasteiger partial charge < -0.3 is 10.4 Å². The van der Waals surface area contributed by atoms with E-state index in [4.69, 9.17) is 0 Å². The molecule has 0 saturated carbocycles. The van der Waals surface area contributed by atoms with Crippen molar-refractivity contribution in [1.82, 2.24) is 20.1 Å². The summed E-state index contributed by atoms with van der Waals surface area (Å²) in [7, 11) is 0.